The van der Waals surface area contributed by atoms with Gasteiger partial charge in [-0.2, -0.15) is 5.26 Å². The molecule has 1 fully saturated rings. The fourth-order valence-corrected chi connectivity index (χ4v) is 2.38. The first-order chi connectivity index (χ1) is 8.38. The Labute approximate surface area is 101 Å². The van der Waals surface area contributed by atoms with Gasteiger partial charge in [-0.25, -0.2) is 0 Å². The van der Waals surface area contributed by atoms with Crippen LogP contribution >= 0.6 is 0 Å². The van der Waals surface area contributed by atoms with Crippen molar-refractivity contribution < 1.29 is 0 Å². The van der Waals surface area contributed by atoms with E-state index >= 15 is 0 Å². The van der Waals surface area contributed by atoms with Crippen LogP contribution in [0.4, 0.5) is 0 Å². The van der Waals surface area contributed by atoms with E-state index in [4.69, 9.17) is 5.26 Å². The summed E-state index contributed by atoms with van der Waals surface area (Å²) in [4.78, 5) is 0. The van der Waals surface area contributed by atoms with Crippen LogP contribution in [-0.2, 0) is 5.54 Å². The van der Waals surface area contributed by atoms with Crippen LogP contribution in [0.2, 0.25) is 0 Å². The zero-order valence-corrected chi connectivity index (χ0v) is 9.30. The summed E-state index contributed by atoms with van der Waals surface area (Å²) in [6, 6.07) is 22.5. The lowest BCUT2D eigenvalue weighted by Crippen LogP contribution is -2.16. The van der Waals surface area contributed by atoms with Gasteiger partial charge in [-0.15, -0.1) is 0 Å². The quantitative estimate of drug-likeness (QED) is 0.790. The normalized spacial score (nSPS) is 20.5. The predicted molar refractivity (Wildman–Crippen MR) is 66.2 cm³/mol. The molecule has 0 saturated carbocycles. The minimum Gasteiger partial charge on any atom is -0.284 e. The van der Waals surface area contributed by atoms with Crippen LogP contribution < -0.4 is 5.32 Å². The number of benzene rings is 2. The van der Waals surface area contributed by atoms with Crippen molar-refractivity contribution in [2.75, 3.05) is 0 Å². The maximum Gasteiger partial charge on any atom is 0.123 e. The molecule has 17 heavy (non-hydrogen) atoms. The Bertz CT molecular complexity index is 515. The maximum absolute atomic E-state index is 9.15. The number of nitrogens with one attached hydrogen (secondary N) is 1. The molecule has 1 atom stereocenters. The van der Waals surface area contributed by atoms with Gasteiger partial charge >= 0.3 is 0 Å². The minimum absolute atomic E-state index is 0.132. The molecule has 0 aromatic heterocycles. The van der Waals surface area contributed by atoms with Gasteiger partial charge in [-0.1, -0.05) is 60.7 Å². The van der Waals surface area contributed by atoms with Crippen LogP contribution in [0.1, 0.15) is 11.1 Å². The fourth-order valence-electron chi connectivity index (χ4n) is 2.38. The van der Waals surface area contributed by atoms with E-state index in [1.54, 1.807) is 0 Å². The molecule has 2 aromatic carbocycles. The molecule has 1 N–H and O–H groups in total. The molecular formula is C15H12N2. The Morgan fingerprint density at radius 1 is 0.882 bits per heavy atom. The summed E-state index contributed by atoms with van der Waals surface area (Å²) < 4.78 is 0. The Hall–Kier alpha value is -2.11. The average Bonchev–Trinajstić information content (AvgIpc) is 3.17. The van der Waals surface area contributed by atoms with E-state index in [1.165, 1.54) is 0 Å². The average molecular weight is 220 g/mol. The summed E-state index contributed by atoms with van der Waals surface area (Å²) >= 11 is 0. The highest BCUT2D eigenvalue weighted by atomic mass is 15.2. The van der Waals surface area contributed by atoms with Gasteiger partial charge in [0.15, 0.2) is 0 Å². The molecule has 3 rings (SSSR count). The van der Waals surface area contributed by atoms with Crippen LogP contribution in [0, 0.1) is 11.3 Å². The first kappa shape index (κ1) is 10.1. The Morgan fingerprint density at radius 3 is 1.71 bits per heavy atom. The van der Waals surface area contributed by atoms with Crippen molar-refractivity contribution in [1.82, 2.24) is 5.32 Å². The molecule has 0 aliphatic carbocycles. The monoisotopic (exact) mass is 220 g/mol. The molecular weight excluding hydrogens is 208 g/mol. The number of rotatable bonds is 2. The van der Waals surface area contributed by atoms with Crippen LogP contribution in [-0.4, -0.2) is 6.04 Å². The lowest BCUT2D eigenvalue weighted by molar-refractivity contribution is 0.807. The molecule has 2 heteroatoms. The molecule has 1 aliphatic rings. The summed E-state index contributed by atoms with van der Waals surface area (Å²) in [6.07, 6.45) is 0. The molecule has 1 saturated heterocycles. The van der Waals surface area contributed by atoms with Gasteiger partial charge in [0, 0.05) is 0 Å². The third-order valence-electron chi connectivity index (χ3n) is 3.31. The number of nitriles is 1. The first-order valence-electron chi connectivity index (χ1n) is 5.66. The van der Waals surface area contributed by atoms with E-state index in [0.717, 1.165) is 11.1 Å². The highest BCUT2D eigenvalue weighted by Crippen LogP contribution is 2.43. The lowest BCUT2D eigenvalue weighted by atomic mass is 9.88. The van der Waals surface area contributed by atoms with E-state index in [1.807, 2.05) is 36.4 Å². The Kier molecular flexibility index (Phi) is 2.21. The van der Waals surface area contributed by atoms with Crippen molar-refractivity contribution in [1.29, 1.82) is 5.26 Å². The van der Waals surface area contributed by atoms with Crippen molar-refractivity contribution in [2.45, 2.75) is 11.6 Å². The highest BCUT2D eigenvalue weighted by Gasteiger charge is 2.56. The Morgan fingerprint density at radius 2 is 1.35 bits per heavy atom. The predicted octanol–water partition coefficient (Wildman–Crippen LogP) is 2.43. The lowest BCUT2D eigenvalue weighted by Gasteiger charge is -2.14. The van der Waals surface area contributed by atoms with Gasteiger partial charge in [0.25, 0.3) is 0 Å². The van der Waals surface area contributed by atoms with E-state index < -0.39 is 0 Å². The van der Waals surface area contributed by atoms with E-state index in [2.05, 4.69) is 35.7 Å². The highest BCUT2D eigenvalue weighted by molar-refractivity contribution is 5.50. The molecule has 0 amide bonds. The van der Waals surface area contributed by atoms with Gasteiger partial charge in [-0.05, 0) is 11.1 Å². The maximum atomic E-state index is 9.15. The number of hydrogen-bond acceptors (Lipinski definition) is 2. The van der Waals surface area contributed by atoms with Crippen molar-refractivity contribution in [3.8, 4) is 6.07 Å². The molecule has 82 valence electrons. The van der Waals surface area contributed by atoms with Crippen molar-refractivity contribution in [3.63, 3.8) is 0 Å². The van der Waals surface area contributed by atoms with Gasteiger partial charge in [-0.3, -0.25) is 5.32 Å². The standard InChI is InChI=1S/C15H12N2/c16-11-14-15(17-14,12-7-3-1-4-8-12)13-9-5-2-6-10-13/h1-10,14,17H/t14-/m1/s1. The fraction of sp³-hybridized carbons (Fsp3) is 0.133. The summed E-state index contributed by atoms with van der Waals surface area (Å²) in [5.74, 6) is 0. The van der Waals surface area contributed by atoms with Crippen LogP contribution in [0.5, 0.6) is 0 Å². The minimum atomic E-state index is -0.308. The zero-order valence-electron chi connectivity index (χ0n) is 9.30. The summed E-state index contributed by atoms with van der Waals surface area (Å²) in [6.45, 7) is 0. The molecule has 0 spiro atoms. The largest absolute Gasteiger partial charge is 0.284 e. The summed E-state index contributed by atoms with van der Waals surface area (Å²) in [5.41, 5.74) is 1.99. The third-order valence-corrected chi connectivity index (χ3v) is 3.31. The summed E-state index contributed by atoms with van der Waals surface area (Å²) in [5, 5.41) is 12.5. The zero-order chi connectivity index (χ0) is 11.7. The molecule has 1 aliphatic heterocycles. The van der Waals surface area contributed by atoms with E-state index in [0.29, 0.717) is 0 Å². The SMILES string of the molecule is N#C[C@H]1NC1(c1ccccc1)c1ccccc1. The Balaban J connectivity index is 2.12. The molecule has 2 nitrogen and oxygen atoms in total. The smallest absolute Gasteiger partial charge is 0.123 e. The van der Waals surface area contributed by atoms with Crippen molar-refractivity contribution in [2.24, 2.45) is 0 Å². The van der Waals surface area contributed by atoms with E-state index in [-0.39, 0.29) is 11.6 Å². The summed E-state index contributed by atoms with van der Waals surface area (Å²) in [7, 11) is 0. The second-order valence-corrected chi connectivity index (χ2v) is 4.25. The third kappa shape index (κ3) is 1.44. The van der Waals surface area contributed by atoms with Crippen LogP contribution in [0.25, 0.3) is 0 Å². The molecule has 2 aromatic rings. The van der Waals surface area contributed by atoms with Gasteiger partial charge in [0.1, 0.15) is 6.04 Å². The van der Waals surface area contributed by atoms with Crippen LogP contribution in [0.3, 0.4) is 0 Å². The first-order valence-corrected chi connectivity index (χ1v) is 5.66. The van der Waals surface area contributed by atoms with Gasteiger partial charge in [0.2, 0.25) is 0 Å². The molecule has 0 bridgehead atoms. The molecule has 0 unspecified atom stereocenters. The molecule has 1 heterocycles. The van der Waals surface area contributed by atoms with Crippen molar-refractivity contribution in [3.05, 3.63) is 71.8 Å². The van der Waals surface area contributed by atoms with Gasteiger partial charge < -0.3 is 0 Å². The number of nitrogens with zero attached hydrogens (tertiary/aromatic N) is 1. The second kappa shape index (κ2) is 3.73. The molecule has 0 radical (unpaired) electrons. The van der Waals surface area contributed by atoms with E-state index in [9.17, 15) is 0 Å². The van der Waals surface area contributed by atoms with Crippen LogP contribution in [0.15, 0.2) is 60.7 Å². The van der Waals surface area contributed by atoms with Gasteiger partial charge in [0.05, 0.1) is 11.6 Å². The van der Waals surface area contributed by atoms with Crippen molar-refractivity contribution >= 4 is 0 Å². The number of hydrogen-bond donors (Lipinski definition) is 1. The second-order valence-electron chi connectivity index (χ2n) is 4.25. The topological polar surface area (TPSA) is 45.7 Å².